The Balaban J connectivity index is 1.72. The highest BCUT2D eigenvalue weighted by atomic mass is 35.5. The number of nitrogens with two attached hydrogens (primary N) is 1. The third kappa shape index (κ3) is 3.49. The van der Waals surface area contributed by atoms with Gasteiger partial charge in [0.1, 0.15) is 11.4 Å². The smallest absolute Gasteiger partial charge is 0.258 e. The highest BCUT2D eigenvalue weighted by molar-refractivity contribution is 7.89. The van der Waals surface area contributed by atoms with Crippen LogP contribution in [0.25, 0.3) is 22.2 Å². The van der Waals surface area contributed by atoms with Gasteiger partial charge in [0.2, 0.25) is 21.9 Å². The van der Waals surface area contributed by atoms with Gasteiger partial charge in [-0.25, -0.2) is 22.1 Å². The summed E-state index contributed by atoms with van der Waals surface area (Å²) in [5, 5.41) is 8.52. The number of nitrogens with zero attached hydrogens (tertiary/aromatic N) is 4. The second-order valence-corrected chi connectivity index (χ2v) is 10.2. The summed E-state index contributed by atoms with van der Waals surface area (Å²) in [5.41, 5.74) is 5.05. The van der Waals surface area contributed by atoms with Gasteiger partial charge in [0.15, 0.2) is 0 Å². The first-order chi connectivity index (χ1) is 13.6. The molecule has 8 nitrogen and oxygen atoms in total. The molecule has 0 saturated carbocycles. The molecule has 0 amide bonds. The zero-order valence-corrected chi connectivity index (χ0v) is 17.6. The van der Waals surface area contributed by atoms with E-state index in [1.165, 1.54) is 20.0 Å². The number of hydrogen-bond acceptors (Lipinski definition) is 8. The zero-order chi connectivity index (χ0) is 21.0. The lowest BCUT2D eigenvalue weighted by Crippen LogP contribution is -2.50. The number of guanidine groups is 1. The van der Waals surface area contributed by atoms with Crippen LogP contribution in [0.3, 0.4) is 0 Å². The fourth-order valence-electron chi connectivity index (χ4n) is 2.94. The van der Waals surface area contributed by atoms with Crippen molar-refractivity contribution in [3.8, 4) is 22.2 Å². The Kier molecular flexibility index (Phi) is 4.63. The molecule has 12 heteroatoms. The molecule has 3 heterocycles. The molecule has 0 radical (unpaired) electrons. The Labute approximate surface area is 174 Å². The Bertz CT molecular complexity index is 1220. The summed E-state index contributed by atoms with van der Waals surface area (Å²) in [6.45, 7) is 1.52. The largest absolute Gasteiger partial charge is 0.415 e. The minimum atomic E-state index is -3.72. The van der Waals surface area contributed by atoms with E-state index in [-0.39, 0.29) is 22.6 Å². The fraction of sp³-hybridized carbons (Fsp3) is 0.235. The topological polar surface area (TPSA) is 115 Å². The summed E-state index contributed by atoms with van der Waals surface area (Å²) < 4.78 is 46.0. The molecule has 4 rings (SSSR count). The normalized spacial score (nSPS) is 21.2. The molecule has 0 fully saturated rings. The Hall–Kier alpha value is -2.50. The van der Waals surface area contributed by atoms with Gasteiger partial charge in [-0.2, -0.15) is 0 Å². The van der Waals surface area contributed by atoms with Crippen LogP contribution in [0.15, 0.2) is 39.7 Å². The van der Waals surface area contributed by atoms with Crippen molar-refractivity contribution in [2.75, 3.05) is 12.8 Å². The lowest BCUT2D eigenvalue weighted by Gasteiger charge is -2.33. The van der Waals surface area contributed by atoms with Crippen molar-refractivity contribution in [1.29, 1.82) is 0 Å². The van der Waals surface area contributed by atoms with Crippen LogP contribution in [0, 0.1) is 5.82 Å². The highest BCUT2D eigenvalue weighted by Gasteiger charge is 2.43. The molecule has 1 aliphatic heterocycles. The Morgan fingerprint density at radius 2 is 1.93 bits per heavy atom. The van der Waals surface area contributed by atoms with Crippen LogP contribution >= 0.6 is 22.9 Å². The summed E-state index contributed by atoms with van der Waals surface area (Å²) in [5.74, 6) is -0.858. The van der Waals surface area contributed by atoms with Gasteiger partial charge in [0.25, 0.3) is 5.89 Å². The highest BCUT2D eigenvalue weighted by Crippen LogP contribution is 2.41. The summed E-state index contributed by atoms with van der Waals surface area (Å²) in [7, 11) is -2.41. The van der Waals surface area contributed by atoms with Crippen LogP contribution in [0.1, 0.15) is 11.8 Å². The Morgan fingerprint density at radius 3 is 2.59 bits per heavy atom. The number of sulfonamides is 1. The molecular weight excluding hydrogens is 441 g/mol. The molecular formula is C17H15ClFN5O3S2. The molecule has 2 aromatic heterocycles. The van der Waals surface area contributed by atoms with Crippen LogP contribution in [0.5, 0.6) is 0 Å². The fourth-order valence-corrected chi connectivity index (χ4v) is 5.64. The minimum Gasteiger partial charge on any atom is -0.415 e. The summed E-state index contributed by atoms with van der Waals surface area (Å²) in [6, 6.07) is 8.05. The monoisotopic (exact) mass is 455 g/mol. The van der Waals surface area contributed by atoms with Crippen LogP contribution < -0.4 is 5.73 Å². The van der Waals surface area contributed by atoms with E-state index in [1.54, 1.807) is 24.3 Å². The maximum atomic E-state index is 14.8. The van der Waals surface area contributed by atoms with E-state index in [2.05, 4.69) is 15.2 Å². The second kappa shape index (κ2) is 6.78. The molecule has 0 bridgehead atoms. The maximum absolute atomic E-state index is 14.8. The van der Waals surface area contributed by atoms with E-state index < -0.39 is 27.1 Å². The van der Waals surface area contributed by atoms with Gasteiger partial charge in [-0.1, -0.05) is 11.6 Å². The average molecular weight is 456 g/mol. The van der Waals surface area contributed by atoms with E-state index in [9.17, 15) is 12.8 Å². The summed E-state index contributed by atoms with van der Waals surface area (Å²) in [4.78, 5) is 4.70. The van der Waals surface area contributed by atoms with E-state index in [1.807, 2.05) is 0 Å². The summed E-state index contributed by atoms with van der Waals surface area (Å²) >= 11 is 6.87. The first-order valence-corrected chi connectivity index (χ1v) is 11.1. The van der Waals surface area contributed by atoms with Crippen molar-refractivity contribution < 1.29 is 17.2 Å². The number of benzene rings is 1. The number of hydrogen-bond donors (Lipinski definition) is 1. The molecule has 0 saturated heterocycles. The number of halogens is 2. The van der Waals surface area contributed by atoms with Gasteiger partial charge < -0.3 is 10.2 Å². The van der Waals surface area contributed by atoms with Gasteiger partial charge in [-0.15, -0.1) is 21.5 Å². The molecule has 1 aromatic carbocycles. The maximum Gasteiger partial charge on any atom is 0.258 e. The number of rotatable bonds is 3. The van der Waals surface area contributed by atoms with Gasteiger partial charge in [0, 0.05) is 17.6 Å². The molecule has 152 valence electrons. The SMILES string of the molecule is CN1C(N)=N[C@](C)(c2sc(-c3nnc(-c4ccc(Cl)cc4)o3)cc2F)CS1(=O)=O. The number of aromatic nitrogens is 2. The molecule has 1 aliphatic rings. The number of thiophene rings is 1. The van der Waals surface area contributed by atoms with Gasteiger partial charge >= 0.3 is 0 Å². The Morgan fingerprint density at radius 1 is 1.28 bits per heavy atom. The molecule has 0 aliphatic carbocycles. The predicted octanol–water partition coefficient (Wildman–Crippen LogP) is 3.06. The minimum absolute atomic E-state index is 0.112. The lowest BCUT2D eigenvalue weighted by molar-refractivity contribution is 0.466. The molecule has 2 N–H and O–H groups in total. The lowest BCUT2D eigenvalue weighted by atomic mass is 10.0. The van der Waals surface area contributed by atoms with Crippen molar-refractivity contribution in [2.45, 2.75) is 12.5 Å². The van der Waals surface area contributed by atoms with E-state index in [0.29, 0.717) is 15.5 Å². The van der Waals surface area contributed by atoms with Gasteiger partial charge in [-0.05, 0) is 37.3 Å². The van der Waals surface area contributed by atoms with Crippen LogP contribution in [0.2, 0.25) is 5.02 Å². The second-order valence-electron chi connectivity index (χ2n) is 6.67. The molecule has 29 heavy (non-hydrogen) atoms. The van der Waals surface area contributed by atoms with Gasteiger partial charge in [0.05, 0.1) is 15.5 Å². The molecule has 1 atom stereocenters. The van der Waals surface area contributed by atoms with Crippen molar-refractivity contribution in [3.63, 3.8) is 0 Å². The first-order valence-electron chi connectivity index (χ1n) is 8.31. The van der Waals surface area contributed by atoms with Crippen LogP contribution in [-0.2, 0) is 15.6 Å². The van der Waals surface area contributed by atoms with Crippen LogP contribution in [-0.4, -0.2) is 41.7 Å². The predicted molar refractivity (Wildman–Crippen MR) is 109 cm³/mol. The average Bonchev–Trinajstić information content (AvgIpc) is 3.27. The first kappa shape index (κ1) is 19.8. The molecule has 3 aromatic rings. The number of aliphatic imine (C=N–C) groups is 1. The van der Waals surface area contributed by atoms with Crippen molar-refractivity contribution >= 4 is 38.9 Å². The van der Waals surface area contributed by atoms with E-state index in [4.69, 9.17) is 21.8 Å². The van der Waals surface area contributed by atoms with Crippen molar-refractivity contribution in [3.05, 3.63) is 46.0 Å². The molecule has 0 spiro atoms. The van der Waals surface area contributed by atoms with Crippen LogP contribution in [0.4, 0.5) is 4.39 Å². The molecule has 0 unspecified atom stereocenters. The van der Waals surface area contributed by atoms with E-state index >= 15 is 0 Å². The van der Waals surface area contributed by atoms with Crippen molar-refractivity contribution in [2.24, 2.45) is 10.7 Å². The van der Waals surface area contributed by atoms with Gasteiger partial charge in [-0.3, -0.25) is 0 Å². The quantitative estimate of drug-likeness (QED) is 0.649. The van der Waals surface area contributed by atoms with Crippen molar-refractivity contribution in [1.82, 2.24) is 14.5 Å². The standard InChI is InChI=1S/C17H15ClFN5O3S2/c1-17(8-29(25,26)24(2)16(20)21-17)13-11(19)7-12(28-13)15-23-22-14(27-15)9-3-5-10(18)6-4-9/h3-7H,8H2,1-2H3,(H2,20,21)/t17-/m0/s1. The third-order valence-corrected chi connectivity index (χ3v) is 8.02. The summed E-state index contributed by atoms with van der Waals surface area (Å²) in [6.07, 6.45) is 0. The zero-order valence-electron chi connectivity index (χ0n) is 15.3. The van der Waals surface area contributed by atoms with E-state index in [0.717, 1.165) is 15.6 Å². The third-order valence-electron chi connectivity index (χ3n) is 4.47.